The molecule has 0 aliphatic carbocycles. The van der Waals surface area contributed by atoms with Crippen molar-refractivity contribution in [1.29, 1.82) is 0 Å². The van der Waals surface area contributed by atoms with Crippen LogP contribution in [-0.2, 0) is 34.0 Å². The van der Waals surface area contributed by atoms with Gasteiger partial charge in [-0.25, -0.2) is 4.79 Å². The van der Waals surface area contributed by atoms with Crippen LogP contribution in [0.2, 0.25) is 20.1 Å². The molecule has 3 atom stereocenters. The maximum atomic E-state index is 12.2. The molecule has 4 aromatic rings. The van der Waals surface area contributed by atoms with Crippen molar-refractivity contribution in [3.63, 3.8) is 0 Å². The highest BCUT2D eigenvalue weighted by molar-refractivity contribution is 6.42. The fourth-order valence-electron chi connectivity index (χ4n) is 5.44. The second-order valence-electron chi connectivity index (χ2n) is 11.2. The lowest BCUT2D eigenvalue weighted by molar-refractivity contribution is -0.0937. The van der Waals surface area contributed by atoms with Gasteiger partial charge in [-0.2, -0.15) is 0 Å². The third kappa shape index (κ3) is 10.2. The van der Waals surface area contributed by atoms with Crippen molar-refractivity contribution < 1.29 is 28.8 Å². The number of amides is 1. The first-order valence-corrected chi connectivity index (χ1v) is 16.7. The molecular formula is C36H35Cl4NO6. The van der Waals surface area contributed by atoms with Gasteiger partial charge < -0.3 is 29.0 Å². The molecule has 5 rings (SSSR count). The molecule has 1 aliphatic rings. The molecule has 248 valence electrons. The molecule has 4 aromatic carbocycles. The van der Waals surface area contributed by atoms with Gasteiger partial charge in [0.2, 0.25) is 0 Å². The molecule has 1 fully saturated rings. The fourth-order valence-corrected chi connectivity index (χ4v) is 6.08. The van der Waals surface area contributed by atoms with Crippen molar-refractivity contribution in [3.05, 3.63) is 133 Å². The van der Waals surface area contributed by atoms with E-state index in [1.54, 1.807) is 24.3 Å². The van der Waals surface area contributed by atoms with Gasteiger partial charge in [0, 0.05) is 12.3 Å². The topological polar surface area (TPSA) is 77.5 Å². The molecule has 1 aliphatic heterocycles. The van der Waals surface area contributed by atoms with Gasteiger partial charge in [-0.15, -0.1) is 0 Å². The summed E-state index contributed by atoms with van der Waals surface area (Å²) < 4.78 is 24.6. The van der Waals surface area contributed by atoms with E-state index in [2.05, 4.69) is 0 Å². The minimum atomic E-state index is -1.05. The number of rotatable bonds is 14. The highest BCUT2D eigenvalue weighted by Crippen LogP contribution is 2.35. The Morgan fingerprint density at radius 2 is 1.26 bits per heavy atom. The number of hydrogen-bond acceptors (Lipinski definition) is 5. The first kappa shape index (κ1) is 35.3. The molecule has 0 radical (unpaired) electrons. The van der Waals surface area contributed by atoms with Crippen molar-refractivity contribution in [2.75, 3.05) is 26.3 Å². The molecule has 1 N–H and O–H groups in total. The summed E-state index contributed by atoms with van der Waals surface area (Å²) in [6.45, 7) is 2.40. The van der Waals surface area contributed by atoms with Gasteiger partial charge in [0.15, 0.2) is 0 Å². The van der Waals surface area contributed by atoms with Crippen LogP contribution in [0.25, 0.3) is 0 Å². The molecule has 1 heterocycles. The number of hydrogen-bond donors (Lipinski definition) is 1. The van der Waals surface area contributed by atoms with Crippen LogP contribution in [-0.4, -0.2) is 54.6 Å². The largest absolute Gasteiger partial charge is 0.494 e. The molecule has 0 saturated carbocycles. The van der Waals surface area contributed by atoms with Crippen molar-refractivity contribution in [2.24, 2.45) is 0 Å². The van der Waals surface area contributed by atoms with Crippen LogP contribution < -0.4 is 4.74 Å². The van der Waals surface area contributed by atoms with Gasteiger partial charge in [-0.05, 0) is 58.7 Å². The smallest absolute Gasteiger partial charge is 0.407 e. The predicted molar refractivity (Wildman–Crippen MR) is 185 cm³/mol. The summed E-state index contributed by atoms with van der Waals surface area (Å²) in [7, 11) is 0. The van der Waals surface area contributed by atoms with Gasteiger partial charge in [-0.3, -0.25) is 0 Å². The zero-order valence-electron chi connectivity index (χ0n) is 25.5. The average Bonchev–Trinajstić information content (AvgIpc) is 3.08. The standard InChI is InChI=1S/C36H35Cl4NO6/c37-29-13-7-25(17-31(29)39)22-46-33-19-41(36(42)43)20-34(47-23-26-8-14-30(38)32(40)18-26)35(33)27-9-11-28(12-10-27)45-16-4-15-44-21-24-5-2-1-3-6-24/h1-3,5-14,17-18,33-35H,4,15-16,19-23H2,(H,42,43)/t33-,34+,35-. The van der Waals surface area contributed by atoms with E-state index in [0.717, 1.165) is 34.4 Å². The number of ether oxygens (including phenoxy) is 4. The minimum Gasteiger partial charge on any atom is -0.494 e. The number of carbonyl (C=O) groups is 1. The highest BCUT2D eigenvalue weighted by Gasteiger charge is 2.41. The van der Waals surface area contributed by atoms with E-state index >= 15 is 0 Å². The molecule has 47 heavy (non-hydrogen) atoms. The Balaban J connectivity index is 1.28. The minimum absolute atomic E-state index is 0.162. The first-order valence-electron chi connectivity index (χ1n) is 15.2. The lowest BCUT2D eigenvalue weighted by atomic mass is 9.84. The van der Waals surface area contributed by atoms with Crippen LogP contribution in [0.5, 0.6) is 5.75 Å². The summed E-state index contributed by atoms with van der Waals surface area (Å²) >= 11 is 24.7. The molecule has 0 spiro atoms. The molecule has 0 bridgehead atoms. The van der Waals surface area contributed by atoms with Gasteiger partial charge in [0.05, 0.1) is 78.4 Å². The van der Waals surface area contributed by atoms with E-state index in [1.165, 1.54) is 4.90 Å². The first-order chi connectivity index (χ1) is 22.8. The molecule has 1 saturated heterocycles. The van der Waals surface area contributed by atoms with E-state index in [9.17, 15) is 9.90 Å². The molecule has 0 aromatic heterocycles. The Morgan fingerprint density at radius 1 is 0.681 bits per heavy atom. The Kier molecular flexibility index (Phi) is 13.1. The zero-order chi connectivity index (χ0) is 33.2. The highest BCUT2D eigenvalue weighted by atomic mass is 35.5. The Morgan fingerprint density at radius 3 is 1.79 bits per heavy atom. The van der Waals surface area contributed by atoms with Crippen LogP contribution >= 0.6 is 46.4 Å². The van der Waals surface area contributed by atoms with E-state index in [4.69, 9.17) is 65.4 Å². The number of carboxylic acid groups (broad SMARTS) is 1. The van der Waals surface area contributed by atoms with Crippen LogP contribution in [0.3, 0.4) is 0 Å². The molecular weight excluding hydrogens is 684 g/mol. The number of nitrogens with zero attached hydrogens (tertiary/aromatic N) is 1. The monoisotopic (exact) mass is 717 g/mol. The summed E-state index contributed by atoms with van der Waals surface area (Å²) in [5.74, 6) is 0.429. The predicted octanol–water partition coefficient (Wildman–Crippen LogP) is 9.53. The van der Waals surface area contributed by atoms with Gasteiger partial charge in [0.1, 0.15) is 5.75 Å². The SMILES string of the molecule is O=C(O)N1C[C@H](OCc2ccc(Cl)c(Cl)c2)[C@H](c2ccc(OCCCOCc3ccccc3)cc2)[C@H](OCc2ccc(Cl)c(Cl)c2)C1. The maximum Gasteiger partial charge on any atom is 0.407 e. The maximum absolute atomic E-state index is 12.2. The number of benzene rings is 4. The fraction of sp³-hybridized carbons (Fsp3) is 0.306. The third-order valence-electron chi connectivity index (χ3n) is 7.85. The quantitative estimate of drug-likeness (QED) is 0.131. The lowest BCUT2D eigenvalue weighted by Crippen LogP contribution is -2.54. The van der Waals surface area contributed by atoms with Crippen LogP contribution in [0.4, 0.5) is 4.79 Å². The van der Waals surface area contributed by atoms with E-state index < -0.39 is 18.3 Å². The molecule has 0 unspecified atom stereocenters. The van der Waals surface area contributed by atoms with Crippen molar-refractivity contribution in [2.45, 2.75) is 44.4 Å². The van der Waals surface area contributed by atoms with E-state index in [-0.39, 0.29) is 32.2 Å². The summed E-state index contributed by atoms with van der Waals surface area (Å²) in [5.41, 5.74) is 3.70. The second kappa shape index (κ2) is 17.4. The Hall–Kier alpha value is -3.01. The summed E-state index contributed by atoms with van der Waals surface area (Å²) in [4.78, 5) is 13.5. The van der Waals surface area contributed by atoms with Crippen LogP contribution in [0.15, 0.2) is 91.0 Å². The molecule has 1 amide bonds. The van der Waals surface area contributed by atoms with Gasteiger partial charge >= 0.3 is 6.09 Å². The van der Waals surface area contributed by atoms with E-state index in [1.807, 2.05) is 66.7 Å². The normalized spacial score (nSPS) is 17.9. The Labute approximate surface area is 294 Å². The van der Waals surface area contributed by atoms with E-state index in [0.29, 0.717) is 39.9 Å². The van der Waals surface area contributed by atoms with Gasteiger partial charge in [-0.1, -0.05) is 101 Å². The molecule has 7 nitrogen and oxygen atoms in total. The average molecular weight is 719 g/mol. The molecule has 11 heteroatoms. The van der Waals surface area contributed by atoms with Crippen molar-refractivity contribution in [3.8, 4) is 5.75 Å². The van der Waals surface area contributed by atoms with Crippen LogP contribution in [0, 0.1) is 0 Å². The summed E-state index contributed by atoms with van der Waals surface area (Å²) in [5, 5.41) is 11.7. The number of likely N-dealkylation sites (tertiary alicyclic amines) is 1. The number of piperidine rings is 1. The second-order valence-corrected chi connectivity index (χ2v) is 12.8. The summed E-state index contributed by atoms with van der Waals surface area (Å²) in [6.07, 6.45) is -1.35. The lowest BCUT2D eigenvalue weighted by Gasteiger charge is -2.42. The van der Waals surface area contributed by atoms with Crippen molar-refractivity contribution >= 4 is 52.5 Å². The Bertz CT molecular complexity index is 1540. The van der Waals surface area contributed by atoms with Crippen LogP contribution in [0.1, 0.15) is 34.6 Å². The third-order valence-corrected chi connectivity index (χ3v) is 9.32. The van der Waals surface area contributed by atoms with Crippen molar-refractivity contribution in [1.82, 2.24) is 4.90 Å². The zero-order valence-corrected chi connectivity index (χ0v) is 28.5. The summed E-state index contributed by atoms with van der Waals surface area (Å²) in [6, 6.07) is 28.4. The van der Waals surface area contributed by atoms with Gasteiger partial charge in [0.25, 0.3) is 0 Å². The number of halogens is 4.